The number of nitrogens with one attached hydrogen (secondary N) is 2. The molecular formula is C14H23N5O2. The van der Waals surface area contributed by atoms with E-state index in [1.54, 1.807) is 6.20 Å². The summed E-state index contributed by atoms with van der Waals surface area (Å²) in [7, 11) is 0. The molecular weight excluding hydrogens is 270 g/mol. The van der Waals surface area contributed by atoms with Crippen LogP contribution in [0.25, 0.3) is 11.0 Å². The fraction of sp³-hybridized carbons (Fsp3) is 0.571. The van der Waals surface area contributed by atoms with Crippen molar-refractivity contribution in [3.63, 3.8) is 0 Å². The molecule has 7 heteroatoms. The Labute approximate surface area is 123 Å². The largest absolute Gasteiger partial charge is 0.369 e. The third kappa shape index (κ3) is 3.43. The summed E-state index contributed by atoms with van der Waals surface area (Å²) in [6, 6.07) is 0. The van der Waals surface area contributed by atoms with Gasteiger partial charge in [0, 0.05) is 12.7 Å². The van der Waals surface area contributed by atoms with E-state index in [1.165, 1.54) is 4.57 Å². The van der Waals surface area contributed by atoms with Crippen LogP contribution in [0.1, 0.15) is 32.8 Å². The molecule has 116 valence electrons. The molecule has 0 spiro atoms. The van der Waals surface area contributed by atoms with Crippen LogP contribution in [0, 0.1) is 0 Å². The molecule has 2 heterocycles. The van der Waals surface area contributed by atoms with Crippen molar-refractivity contribution in [2.75, 3.05) is 12.3 Å². The van der Waals surface area contributed by atoms with E-state index >= 15 is 0 Å². The first-order valence-corrected chi connectivity index (χ1v) is 7.23. The highest BCUT2D eigenvalue weighted by Crippen LogP contribution is 2.14. The first kappa shape index (κ1) is 15.5. The number of anilines is 1. The molecule has 2 aromatic heterocycles. The molecule has 7 nitrogen and oxygen atoms in total. The van der Waals surface area contributed by atoms with Gasteiger partial charge >= 0.3 is 0 Å². The van der Waals surface area contributed by atoms with E-state index in [0.29, 0.717) is 17.6 Å². The minimum absolute atomic E-state index is 0.0175. The second-order valence-electron chi connectivity index (χ2n) is 5.26. The lowest BCUT2D eigenvalue weighted by Crippen LogP contribution is -2.27. The molecule has 0 fully saturated rings. The van der Waals surface area contributed by atoms with Crippen molar-refractivity contribution in [3.8, 4) is 0 Å². The van der Waals surface area contributed by atoms with Crippen LogP contribution < -0.4 is 16.6 Å². The van der Waals surface area contributed by atoms with Crippen molar-refractivity contribution >= 4 is 17.0 Å². The van der Waals surface area contributed by atoms with Gasteiger partial charge in [-0.3, -0.25) is 9.36 Å². The zero-order valence-corrected chi connectivity index (χ0v) is 12.8. The van der Waals surface area contributed by atoms with Crippen molar-refractivity contribution in [1.29, 1.82) is 0 Å². The highest BCUT2D eigenvalue weighted by molar-refractivity contribution is 5.79. The SMILES string of the molecule is CCCNCc1c[nH]c2nc(N)n(COC(C)C)c(=O)c12. The van der Waals surface area contributed by atoms with Gasteiger partial charge in [-0.15, -0.1) is 0 Å². The third-order valence-electron chi connectivity index (χ3n) is 3.18. The minimum atomic E-state index is -0.173. The van der Waals surface area contributed by atoms with E-state index in [4.69, 9.17) is 10.5 Å². The lowest BCUT2D eigenvalue weighted by Gasteiger charge is -2.12. The van der Waals surface area contributed by atoms with Crippen LogP contribution in [0.5, 0.6) is 0 Å². The summed E-state index contributed by atoms with van der Waals surface area (Å²) in [6.45, 7) is 7.55. The van der Waals surface area contributed by atoms with Gasteiger partial charge in [0.2, 0.25) is 5.95 Å². The smallest absolute Gasteiger partial charge is 0.266 e. The molecule has 0 amide bonds. The summed E-state index contributed by atoms with van der Waals surface area (Å²) in [5.41, 5.74) is 7.08. The molecule has 4 N–H and O–H groups in total. The Morgan fingerprint density at radius 1 is 1.52 bits per heavy atom. The molecule has 0 bridgehead atoms. The van der Waals surface area contributed by atoms with Crippen LogP contribution in [-0.2, 0) is 18.0 Å². The van der Waals surface area contributed by atoms with Crippen LogP contribution in [-0.4, -0.2) is 27.2 Å². The summed E-state index contributed by atoms with van der Waals surface area (Å²) in [4.78, 5) is 19.8. The second-order valence-corrected chi connectivity index (χ2v) is 5.26. The fourth-order valence-corrected chi connectivity index (χ4v) is 2.08. The molecule has 0 aliphatic carbocycles. The molecule has 0 aliphatic rings. The zero-order chi connectivity index (χ0) is 15.4. The standard InChI is InChI=1S/C14H23N5O2/c1-4-5-16-6-10-7-17-12-11(10)13(20)19(14(15)18-12)8-21-9(2)3/h7,9,16-17H,4-6,8H2,1-3H3,(H2,15,18). The topological polar surface area (TPSA) is 98.0 Å². The number of aromatic nitrogens is 3. The van der Waals surface area contributed by atoms with Gasteiger partial charge in [-0.05, 0) is 32.4 Å². The average molecular weight is 293 g/mol. The Kier molecular flexibility index (Phi) is 4.98. The molecule has 0 unspecified atom stereocenters. The summed E-state index contributed by atoms with van der Waals surface area (Å²) in [5.74, 6) is 0.156. The summed E-state index contributed by atoms with van der Waals surface area (Å²) >= 11 is 0. The number of H-pyrrole nitrogens is 1. The van der Waals surface area contributed by atoms with Crippen LogP contribution in [0.2, 0.25) is 0 Å². The number of aromatic amines is 1. The van der Waals surface area contributed by atoms with E-state index < -0.39 is 0 Å². The highest BCUT2D eigenvalue weighted by Gasteiger charge is 2.14. The predicted molar refractivity (Wildman–Crippen MR) is 83.0 cm³/mol. The molecule has 2 aromatic rings. The Balaban J connectivity index is 2.37. The van der Waals surface area contributed by atoms with E-state index in [1.807, 2.05) is 13.8 Å². The lowest BCUT2D eigenvalue weighted by atomic mass is 10.2. The van der Waals surface area contributed by atoms with Gasteiger partial charge < -0.3 is 20.8 Å². The molecule has 21 heavy (non-hydrogen) atoms. The molecule has 0 saturated carbocycles. The summed E-state index contributed by atoms with van der Waals surface area (Å²) in [5, 5.41) is 3.85. The number of nitrogen functional groups attached to an aromatic ring is 1. The average Bonchev–Trinajstić information content (AvgIpc) is 2.81. The molecule has 0 saturated heterocycles. The second kappa shape index (κ2) is 6.73. The maximum absolute atomic E-state index is 12.6. The lowest BCUT2D eigenvalue weighted by molar-refractivity contribution is 0.0279. The van der Waals surface area contributed by atoms with Gasteiger partial charge in [0.15, 0.2) is 0 Å². The first-order chi connectivity index (χ1) is 10.0. The van der Waals surface area contributed by atoms with Gasteiger partial charge in [0.1, 0.15) is 12.4 Å². The normalized spacial score (nSPS) is 11.6. The molecule has 0 atom stereocenters. The zero-order valence-electron chi connectivity index (χ0n) is 12.8. The molecule has 2 rings (SSSR count). The van der Waals surface area contributed by atoms with E-state index in [2.05, 4.69) is 22.2 Å². The number of nitrogens with zero attached hydrogens (tertiary/aromatic N) is 2. The minimum Gasteiger partial charge on any atom is -0.369 e. The van der Waals surface area contributed by atoms with Gasteiger partial charge in [-0.1, -0.05) is 6.92 Å². The van der Waals surface area contributed by atoms with Crippen molar-refractivity contribution in [2.24, 2.45) is 0 Å². The van der Waals surface area contributed by atoms with Crippen molar-refractivity contribution < 1.29 is 4.74 Å². The van der Waals surface area contributed by atoms with Crippen molar-refractivity contribution in [1.82, 2.24) is 19.9 Å². The summed E-state index contributed by atoms with van der Waals surface area (Å²) in [6.07, 6.45) is 2.86. The quantitative estimate of drug-likeness (QED) is 0.666. The van der Waals surface area contributed by atoms with Crippen LogP contribution in [0.3, 0.4) is 0 Å². The Hall–Kier alpha value is -1.86. The maximum atomic E-state index is 12.6. The predicted octanol–water partition coefficient (Wildman–Crippen LogP) is 1.19. The fourth-order valence-electron chi connectivity index (χ4n) is 2.08. The third-order valence-corrected chi connectivity index (χ3v) is 3.18. The number of nitrogens with two attached hydrogens (primary N) is 1. The van der Waals surface area contributed by atoms with Crippen molar-refractivity contribution in [2.45, 2.75) is 46.6 Å². The number of hydrogen-bond acceptors (Lipinski definition) is 5. The number of ether oxygens (including phenoxy) is 1. The maximum Gasteiger partial charge on any atom is 0.266 e. The number of hydrogen-bond donors (Lipinski definition) is 3. The van der Waals surface area contributed by atoms with E-state index in [-0.39, 0.29) is 24.3 Å². The monoisotopic (exact) mass is 293 g/mol. The first-order valence-electron chi connectivity index (χ1n) is 7.23. The Morgan fingerprint density at radius 3 is 2.95 bits per heavy atom. The number of fused-ring (bicyclic) bond motifs is 1. The molecule has 0 radical (unpaired) electrons. The van der Waals surface area contributed by atoms with E-state index in [0.717, 1.165) is 18.5 Å². The summed E-state index contributed by atoms with van der Waals surface area (Å²) < 4.78 is 6.83. The molecule has 0 aliphatic heterocycles. The Morgan fingerprint density at radius 2 is 2.29 bits per heavy atom. The highest BCUT2D eigenvalue weighted by atomic mass is 16.5. The number of rotatable bonds is 7. The van der Waals surface area contributed by atoms with Crippen LogP contribution in [0.4, 0.5) is 5.95 Å². The van der Waals surface area contributed by atoms with Gasteiger partial charge in [0.25, 0.3) is 5.56 Å². The van der Waals surface area contributed by atoms with Crippen molar-refractivity contribution in [3.05, 3.63) is 22.1 Å². The molecule has 0 aromatic carbocycles. The van der Waals surface area contributed by atoms with E-state index in [9.17, 15) is 4.79 Å². The van der Waals surface area contributed by atoms with Gasteiger partial charge in [-0.2, -0.15) is 4.98 Å². The Bertz CT molecular complexity index is 659. The van der Waals surface area contributed by atoms with Crippen LogP contribution in [0.15, 0.2) is 11.0 Å². The van der Waals surface area contributed by atoms with Gasteiger partial charge in [-0.25, -0.2) is 0 Å². The van der Waals surface area contributed by atoms with Gasteiger partial charge in [0.05, 0.1) is 11.5 Å². The van der Waals surface area contributed by atoms with Crippen LogP contribution >= 0.6 is 0 Å².